The number of halogens is 8. The SMILES string of the molecule is CNCc1ccc2c(c1)[C@@H](CC[C@@H](O)CO)[C@H](CN=C(N)N)[C@H]2NC(=O)C(=O)Nc1ccc(Cl)c(F)c1.O=C(O)C(F)(F)F.O=C(O)C(F)(F)F. The molecule has 0 spiro atoms. The summed E-state index contributed by atoms with van der Waals surface area (Å²) in [7, 11) is 1.83. The molecule has 0 saturated carbocycles. The number of hydrogen-bond acceptors (Lipinski definition) is 8. The van der Waals surface area contributed by atoms with E-state index in [1.165, 1.54) is 12.1 Å². The van der Waals surface area contributed by atoms with Gasteiger partial charge in [0.15, 0.2) is 5.96 Å². The number of alkyl halides is 6. The third kappa shape index (κ3) is 14.6. The molecule has 0 heterocycles. The number of carboxylic acid groups (broad SMARTS) is 2. The second-order valence-electron chi connectivity index (χ2n) is 10.6. The van der Waals surface area contributed by atoms with Gasteiger partial charge in [0.2, 0.25) is 0 Å². The number of guanidine groups is 1. The van der Waals surface area contributed by atoms with Gasteiger partial charge in [-0.1, -0.05) is 29.8 Å². The van der Waals surface area contributed by atoms with Gasteiger partial charge in [0.05, 0.1) is 23.8 Å². The van der Waals surface area contributed by atoms with Gasteiger partial charge in [-0.3, -0.25) is 14.6 Å². The molecule has 3 rings (SSSR count). The van der Waals surface area contributed by atoms with Crippen molar-refractivity contribution in [2.75, 3.05) is 25.5 Å². The molecule has 1 aliphatic carbocycles. The van der Waals surface area contributed by atoms with Crippen molar-refractivity contribution >= 4 is 47.0 Å². The number of amides is 2. The molecule has 0 saturated heterocycles. The van der Waals surface area contributed by atoms with Gasteiger partial charge in [-0.05, 0) is 60.7 Å². The van der Waals surface area contributed by atoms with Crippen LogP contribution in [-0.2, 0) is 25.7 Å². The number of aliphatic hydroxyl groups excluding tert-OH is 2. The van der Waals surface area contributed by atoms with E-state index in [0.29, 0.717) is 19.4 Å². The van der Waals surface area contributed by atoms with Crippen LogP contribution in [0.25, 0.3) is 0 Å². The normalized spacial score (nSPS) is 17.0. The van der Waals surface area contributed by atoms with E-state index in [0.717, 1.165) is 22.8 Å². The molecule has 51 heavy (non-hydrogen) atoms. The summed E-state index contributed by atoms with van der Waals surface area (Å²) in [6.07, 6.45) is -10.3. The lowest BCUT2D eigenvalue weighted by molar-refractivity contribution is -0.193. The molecule has 0 bridgehead atoms. The van der Waals surface area contributed by atoms with Crippen molar-refractivity contribution < 1.29 is 70.3 Å². The number of aliphatic imine (C=N–C) groups is 1. The Bertz CT molecular complexity index is 1530. The smallest absolute Gasteiger partial charge is 0.475 e. The summed E-state index contributed by atoms with van der Waals surface area (Å²) in [5.41, 5.74) is 14.0. The van der Waals surface area contributed by atoms with E-state index >= 15 is 0 Å². The zero-order valence-electron chi connectivity index (χ0n) is 26.4. The molecular weight excluding hydrogens is 729 g/mol. The van der Waals surface area contributed by atoms with Crippen LogP contribution in [0.3, 0.4) is 0 Å². The number of nitrogens with two attached hydrogens (primary N) is 2. The van der Waals surface area contributed by atoms with Crippen LogP contribution < -0.4 is 27.4 Å². The van der Waals surface area contributed by atoms with E-state index in [1.54, 1.807) is 0 Å². The second kappa shape index (κ2) is 19.6. The quantitative estimate of drug-likeness (QED) is 0.0736. The van der Waals surface area contributed by atoms with Crippen molar-refractivity contribution in [3.8, 4) is 0 Å². The van der Waals surface area contributed by atoms with Crippen LogP contribution in [0.2, 0.25) is 5.02 Å². The minimum absolute atomic E-state index is 0.0819. The lowest BCUT2D eigenvalue weighted by Crippen LogP contribution is -2.40. The standard InChI is InChI=1S/C25H32ClFN6O4.2C2HF3O2/c1-30-10-13-2-5-17-18(8-13)16(6-4-15(35)12-34)19(11-31-25(28)29)22(17)33-24(37)23(36)32-14-3-7-20(26)21(27)9-14;2*3-2(4,5)1(6)7/h2-3,5,7-9,15-16,19,22,30,34-35H,4,6,10-12H2,1H3,(H,32,36)(H,33,37)(H4,28,29,31);2*(H,6,7)/t15-,16-,19+,22+;;/m1../s1. The van der Waals surface area contributed by atoms with E-state index in [9.17, 15) is 50.5 Å². The highest BCUT2D eigenvalue weighted by atomic mass is 35.5. The Labute approximate surface area is 289 Å². The van der Waals surface area contributed by atoms with E-state index < -0.39 is 54.1 Å². The maximum absolute atomic E-state index is 13.8. The first-order valence-corrected chi connectivity index (χ1v) is 14.7. The van der Waals surface area contributed by atoms with Gasteiger partial charge >= 0.3 is 36.1 Å². The predicted octanol–water partition coefficient (Wildman–Crippen LogP) is 2.38. The Morgan fingerprint density at radius 1 is 0.941 bits per heavy atom. The number of fused-ring (bicyclic) bond motifs is 1. The lowest BCUT2D eigenvalue weighted by atomic mass is 9.85. The molecule has 2 amide bonds. The number of benzene rings is 2. The summed E-state index contributed by atoms with van der Waals surface area (Å²) < 4.78 is 77.2. The van der Waals surface area contributed by atoms with Crippen LogP contribution in [0.4, 0.5) is 36.4 Å². The van der Waals surface area contributed by atoms with Gasteiger partial charge in [-0.15, -0.1) is 0 Å². The van der Waals surface area contributed by atoms with E-state index in [-0.39, 0.29) is 41.7 Å². The number of aliphatic carboxylic acids is 2. The van der Waals surface area contributed by atoms with Gasteiger partial charge in [0.1, 0.15) is 5.82 Å². The first kappa shape index (κ1) is 44.3. The van der Waals surface area contributed by atoms with Crippen LogP contribution in [0.5, 0.6) is 0 Å². The van der Waals surface area contributed by atoms with Crippen molar-refractivity contribution in [2.45, 2.75) is 49.8 Å². The second-order valence-corrected chi connectivity index (χ2v) is 11.0. The molecule has 0 aliphatic heterocycles. The fourth-order valence-electron chi connectivity index (χ4n) is 4.67. The van der Waals surface area contributed by atoms with Crippen molar-refractivity contribution in [3.63, 3.8) is 0 Å². The van der Waals surface area contributed by atoms with Gasteiger partial charge in [0, 0.05) is 24.7 Å². The van der Waals surface area contributed by atoms with Gasteiger partial charge in [-0.2, -0.15) is 26.3 Å². The number of aliphatic hydroxyl groups is 2. The monoisotopic (exact) mass is 762 g/mol. The average molecular weight is 763 g/mol. The summed E-state index contributed by atoms with van der Waals surface area (Å²) in [5, 5.41) is 41.7. The molecule has 4 atom stereocenters. The van der Waals surface area contributed by atoms with Crippen molar-refractivity contribution in [1.82, 2.24) is 10.6 Å². The van der Waals surface area contributed by atoms with Crippen molar-refractivity contribution in [1.29, 1.82) is 0 Å². The first-order valence-electron chi connectivity index (χ1n) is 14.3. The number of carbonyl (C=O) groups excluding carboxylic acids is 2. The first-order chi connectivity index (χ1) is 23.5. The van der Waals surface area contributed by atoms with Crippen LogP contribution in [-0.4, -0.2) is 88.8 Å². The number of anilines is 1. The van der Waals surface area contributed by atoms with Crippen molar-refractivity contribution in [3.05, 3.63) is 63.9 Å². The molecule has 1 aliphatic rings. The van der Waals surface area contributed by atoms with Crippen LogP contribution in [0, 0.1) is 11.7 Å². The zero-order chi connectivity index (χ0) is 39.3. The van der Waals surface area contributed by atoms with Crippen LogP contribution in [0.1, 0.15) is 41.5 Å². The molecule has 2 aromatic rings. The number of carbonyl (C=O) groups is 4. The highest BCUT2D eigenvalue weighted by molar-refractivity contribution is 6.39. The fraction of sp³-hybridized carbons (Fsp3) is 0.414. The molecule has 0 radical (unpaired) electrons. The van der Waals surface area contributed by atoms with Crippen LogP contribution >= 0.6 is 11.6 Å². The van der Waals surface area contributed by atoms with E-state index in [1.807, 2.05) is 25.2 Å². The molecule has 11 N–H and O–H groups in total. The number of nitrogens with one attached hydrogen (secondary N) is 3. The molecule has 0 unspecified atom stereocenters. The highest BCUT2D eigenvalue weighted by Crippen LogP contribution is 2.48. The topological polar surface area (TPSA) is 250 Å². The molecule has 0 aromatic heterocycles. The Morgan fingerprint density at radius 3 is 1.98 bits per heavy atom. The predicted molar refractivity (Wildman–Crippen MR) is 167 cm³/mol. The summed E-state index contributed by atoms with van der Waals surface area (Å²) in [6, 6.07) is 8.90. The molecule has 0 fully saturated rings. The lowest BCUT2D eigenvalue weighted by Gasteiger charge is -2.25. The van der Waals surface area contributed by atoms with Gasteiger partial charge in [0.25, 0.3) is 0 Å². The molecule has 22 heteroatoms. The Kier molecular flexibility index (Phi) is 17.0. The Hall–Kier alpha value is -4.73. The molecular formula is C29H34ClF7N6O8. The largest absolute Gasteiger partial charge is 0.490 e. The maximum atomic E-state index is 13.8. The Balaban J connectivity index is 0.000000780. The Morgan fingerprint density at radius 2 is 1.51 bits per heavy atom. The average Bonchev–Trinajstić information content (AvgIpc) is 3.31. The summed E-state index contributed by atoms with van der Waals surface area (Å²) >= 11 is 5.68. The van der Waals surface area contributed by atoms with Gasteiger partial charge in [-0.25, -0.2) is 14.0 Å². The van der Waals surface area contributed by atoms with E-state index in [4.69, 9.17) is 42.9 Å². The minimum Gasteiger partial charge on any atom is -0.475 e. The maximum Gasteiger partial charge on any atom is 0.490 e. The summed E-state index contributed by atoms with van der Waals surface area (Å²) in [5.74, 6) is -8.76. The number of hydrogen-bond donors (Lipinski definition) is 9. The van der Waals surface area contributed by atoms with Gasteiger partial charge < -0.3 is 47.8 Å². The van der Waals surface area contributed by atoms with E-state index in [2.05, 4.69) is 20.9 Å². The third-order valence-corrected chi connectivity index (χ3v) is 7.18. The van der Waals surface area contributed by atoms with Crippen molar-refractivity contribution in [2.24, 2.45) is 22.4 Å². The summed E-state index contributed by atoms with van der Waals surface area (Å²) in [4.78, 5) is 47.5. The highest BCUT2D eigenvalue weighted by Gasteiger charge is 2.42. The summed E-state index contributed by atoms with van der Waals surface area (Å²) in [6.45, 7) is 0.408. The molecule has 2 aromatic carbocycles. The minimum atomic E-state index is -5.08. The third-order valence-electron chi connectivity index (χ3n) is 6.87. The zero-order valence-corrected chi connectivity index (χ0v) is 27.1. The number of rotatable bonds is 10. The number of carboxylic acids is 2. The van der Waals surface area contributed by atoms with Crippen LogP contribution in [0.15, 0.2) is 41.4 Å². The molecule has 14 nitrogen and oxygen atoms in total. The number of nitrogens with zero attached hydrogens (tertiary/aromatic N) is 1. The fourth-order valence-corrected chi connectivity index (χ4v) is 4.78. The molecule has 284 valence electrons.